The molecule has 0 saturated carbocycles. The molecule has 0 atom stereocenters. The molecule has 1 heterocycles. The fourth-order valence-corrected chi connectivity index (χ4v) is 3.10. The number of benzene rings is 2. The summed E-state index contributed by atoms with van der Waals surface area (Å²) in [6.45, 7) is -0.171. The predicted molar refractivity (Wildman–Crippen MR) is 102 cm³/mol. The van der Waals surface area contributed by atoms with Crippen molar-refractivity contribution in [3.8, 4) is 5.75 Å². The Morgan fingerprint density at radius 1 is 1.23 bits per heavy atom. The zero-order valence-corrected chi connectivity index (χ0v) is 16.0. The molecule has 2 aromatic carbocycles. The first-order chi connectivity index (χ1) is 12.5. The minimum Gasteiger partial charge on any atom is -0.482 e. The number of anilines is 1. The number of nitrogens with one attached hydrogen (secondary N) is 1. The number of hydrogen-bond acceptors (Lipinski definition) is 5. The van der Waals surface area contributed by atoms with Gasteiger partial charge in [-0.05, 0) is 48.2 Å². The van der Waals surface area contributed by atoms with Crippen molar-refractivity contribution >= 4 is 46.6 Å². The first-order valence-electron chi connectivity index (χ1n) is 7.51. The molecule has 134 valence electrons. The summed E-state index contributed by atoms with van der Waals surface area (Å²) in [4.78, 5) is 13.0. The number of amides is 1. The zero-order valence-electron chi connectivity index (χ0n) is 13.6. The van der Waals surface area contributed by atoms with Crippen molar-refractivity contribution in [2.24, 2.45) is 7.05 Å². The Hall–Kier alpha value is -2.22. The largest absolute Gasteiger partial charge is 0.482 e. The van der Waals surface area contributed by atoms with Crippen LogP contribution >= 0.6 is 35.0 Å². The lowest BCUT2D eigenvalue weighted by atomic mass is 10.3. The van der Waals surface area contributed by atoms with Gasteiger partial charge in [0.05, 0.1) is 5.02 Å². The number of aryl methyl sites for hydroxylation is 1. The average Bonchev–Trinajstić information content (AvgIpc) is 3.02. The van der Waals surface area contributed by atoms with E-state index in [1.165, 1.54) is 11.8 Å². The third-order valence-electron chi connectivity index (χ3n) is 3.27. The van der Waals surface area contributed by atoms with E-state index < -0.39 is 0 Å². The summed E-state index contributed by atoms with van der Waals surface area (Å²) in [6.07, 6.45) is 1.64. The van der Waals surface area contributed by atoms with Gasteiger partial charge in [-0.3, -0.25) is 4.79 Å². The van der Waals surface area contributed by atoms with Crippen LogP contribution in [-0.4, -0.2) is 27.3 Å². The van der Waals surface area contributed by atoms with Gasteiger partial charge in [0.2, 0.25) is 0 Å². The normalized spacial score (nSPS) is 10.6. The van der Waals surface area contributed by atoms with Crippen LogP contribution in [0.25, 0.3) is 0 Å². The molecular formula is C17H14Cl2N4O2S. The van der Waals surface area contributed by atoms with Crippen molar-refractivity contribution < 1.29 is 9.53 Å². The van der Waals surface area contributed by atoms with Gasteiger partial charge >= 0.3 is 0 Å². The molecule has 6 nitrogen and oxygen atoms in total. The van der Waals surface area contributed by atoms with E-state index in [1.807, 2.05) is 35.9 Å². The summed E-state index contributed by atoms with van der Waals surface area (Å²) < 4.78 is 7.24. The van der Waals surface area contributed by atoms with E-state index >= 15 is 0 Å². The Kier molecular flexibility index (Phi) is 6.03. The maximum Gasteiger partial charge on any atom is 0.262 e. The van der Waals surface area contributed by atoms with E-state index in [0.29, 0.717) is 21.5 Å². The van der Waals surface area contributed by atoms with Crippen molar-refractivity contribution in [3.63, 3.8) is 0 Å². The number of carbonyl (C=O) groups is 1. The number of carbonyl (C=O) groups excluding carboxylic acids is 1. The summed E-state index contributed by atoms with van der Waals surface area (Å²) in [5.74, 6) is 0.0690. The number of hydrogen-bond donors (Lipinski definition) is 1. The molecule has 0 aliphatic carbocycles. The highest BCUT2D eigenvalue weighted by Gasteiger charge is 2.08. The number of rotatable bonds is 6. The van der Waals surface area contributed by atoms with Crippen molar-refractivity contribution in [2.45, 2.75) is 10.1 Å². The number of nitrogens with zero attached hydrogens (tertiary/aromatic N) is 3. The fraction of sp³-hybridized carbons (Fsp3) is 0.118. The van der Waals surface area contributed by atoms with E-state index in [4.69, 9.17) is 27.9 Å². The number of halogens is 2. The molecule has 1 N–H and O–H groups in total. The minimum atomic E-state index is -0.297. The Labute approximate surface area is 164 Å². The maximum atomic E-state index is 12.0. The summed E-state index contributed by atoms with van der Waals surface area (Å²) in [6, 6.07) is 12.2. The van der Waals surface area contributed by atoms with Crippen LogP contribution < -0.4 is 10.1 Å². The second kappa shape index (κ2) is 8.44. The van der Waals surface area contributed by atoms with Crippen LogP contribution in [0.2, 0.25) is 10.0 Å². The van der Waals surface area contributed by atoms with Crippen molar-refractivity contribution in [1.82, 2.24) is 14.8 Å². The van der Waals surface area contributed by atoms with Gasteiger partial charge in [-0.2, -0.15) is 0 Å². The van der Waals surface area contributed by atoms with Gasteiger partial charge in [-0.15, -0.1) is 10.2 Å². The van der Waals surface area contributed by atoms with E-state index in [2.05, 4.69) is 15.5 Å². The molecule has 0 saturated heterocycles. The first-order valence-corrected chi connectivity index (χ1v) is 9.08. The molecule has 1 amide bonds. The van der Waals surface area contributed by atoms with Gasteiger partial charge in [0, 0.05) is 28.7 Å². The second-order valence-corrected chi connectivity index (χ2v) is 7.15. The van der Waals surface area contributed by atoms with Gasteiger partial charge in [-0.25, -0.2) is 0 Å². The summed E-state index contributed by atoms with van der Waals surface area (Å²) in [5, 5.41) is 12.3. The highest BCUT2D eigenvalue weighted by molar-refractivity contribution is 7.99. The van der Waals surface area contributed by atoms with Crippen LogP contribution in [0.3, 0.4) is 0 Å². The molecule has 3 rings (SSSR count). The molecule has 3 aromatic rings. The van der Waals surface area contributed by atoms with Crippen molar-refractivity contribution in [2.75, 3.05) is 11.9 Å². The molecule has 0 radical (unpaired) electrons. The Morgan fingerprint density at radius 2 is 2.00 bits per heavy atom. The highest BCUT2D eigenvalue weighted by Crippen LogP contribution is 2.28. The SMILES string of the molecule is Cn1cnnc1Sc1ccc(NC(=O)COc2cc(Cl)ccc2Cl)cc1. The molecule has 9 heteroatoms. The van der Waals surface area contributed by atoms with E-state index in [0.717, 1.165) is 10.1 Å². The number of ether oxygens (including phenoxy) is 1. The summed E-state index contributed by atoms with van der Waals surface area (Å²) in [7, 11) is 1.88. The third-order valence-corrected chi connectivity index (χ3v) is 4.88. The highest BCUT2D eigenvalue weighted by atomic mass is 35.5. The van der Waals surface area contributed by atoms with Crippen LogP contribution in [0.5, 0.6) is 5.75 Å². The lowest BCUT2D eigenvalue weighted by Crippen LogP contribution is -2.20. The standard InChI is InChI=1S/C17H14Cl2N4O2S/c1-23-10-20-22-17(23)26-13-5-3-12(4-6-13)21-16(24)9-25-15-8-11(18)2-7-14(15)19/h2-8,10H,9H2,1H3,(H,21,24). The molecule has 0 spiro atoms. The molecule has 26 heavy (non-hydrogen) atoms. The number of aromatic nitrogens is 3. The summed E-state index contributed by atoms with van der Waals surface area (Å²) in [5.41, 5.74) is 0.665. The third kappa shape index (κ3) is 4.91. The van der Waals surface area contributed by atoms with E-state index in [9.17, 15) is 4.79 Å². The quantitative estimate of drug-likeness (QED) is 0.658. The monoisotopic (exact) mass is 408 g/mol. The van der Waals surface area contributed by atoms with Crippen LogP contribution in [0, 0.1) is 0 Å². The topological polar surface area (TPSA) is 69.0 Å². The first kappa shape index (κ1) is 18.6. The van der Waals surface area contributed by atoms with Crippen LogP contribution in [-0.2, 0) is 11.8 Å². The summed E-state index contributed by atoms with van der Waals surface area (Å²) >= 11 is 13.4. The van der Waals surface area contributed by atoms with E-state index in [-0.39, 0.29) is 12.5 Å². The van der Waals surface area contributed by atoms with E-state index in [1.54, 1.807) is 24.5 Å². The Bertz CT molecular complexity index is 915. The Morgan fingerprint density at radius 3 is 2.69 bits per heavy atom. The zero-order chi connectivity index (χ0) is 18.5. The second-order valence-electron chi connectivity index (χ2n) is 5.26. The molecule has 0 aliphatic rings. The maximum absolute atomic E-state index is 12.0. The van der Waals surface area contributed by atoms with Gasteiger partial charge in [0.1, 0.15) is 12.1 Å². The van der Waals surface area contributed by atoms with Crippen molar-refractivity contribution in [3.05, 3.63) is 58.8 Å². The van der Waals surface area contributed by atoms with Gasteiger partial charge in [0.25, 0.3) is 5.91 Å². The van der Waals surface area contributed by atoms with Crippen LogP contribution in [0.15, 0.2) is 58.8 Å². The lowest BCUT2D eigenvalue weighted by molar-refractivity contribution is -0.118. The van der Waals surface area contributed by atoms with Crippen LogP contribution in [0.4, 0.5) is 5.69 Å². The molecule has 0 bridgehead atoms. The molecular weight excluding hydrogens is 395 g/mol. The molecule has 0 aliphatic heterocycles. The smallest absolute Gasteiger partial charge is 0.262 e. The Balaban J connectivity index is 1.54. The molecule has 0 unspecified atom stereocenters. The van der Waals surface area contributed by atoms with Crippen molar-refractivity contribution in [1.29, 1.82) is 0 Å². The average molecular weight is 409 g/mol. The van der Waals surface area contributed by atoms with Gasteiger partial charge < -0.3 is 14.6 Å². The fourth-order valence-electron chi connectivity index (χ4n) is 2.00. The minimum absolute atomic E-state index is 0.171. The molecule has 0 fully saturated rings. The van der Waals surface area contributed by atoms with Gasteiger partial charge in [0.15, 0.2) is 11.8 Å². The predicted octanol–water partition coefficient (Wildman–Crippen LogP) is 4.29. The van der Waals surface area contributed by atoms with Gasteiger partial charge in [-0.1, -0.05) is 23.2 Å². The van der Waals surface area contributed by atoms with Crippen LogP contribution in [0.1, 0.15) is 0 Å². The lowest BCUT2D eigenvalue weighted by Gasteiger charge is -2.09. The molecule has 1 aromatic heterocycles.